The van der Waals surface area contributed by atoms with E-state index in [1.807, 2.05) is 0 Å². The van der Waals surface area contributed by atoms with Gasteiger partial charge >= 0.3 is 0 Å². The Morgan fingerprint density at radius 2 is 1.33 bits per heavy atom. The van der Waals surface area contributed by atoms with Gasteiger partial charge < -0.3 is 0 Å². The Labute approximate surface area is 121 Å². The van der Waals surface area contributed by atoms with Gasteiger partial charge in [-0.15, -0.1) is 11.6 Å². The zero-order valence-electron chi connectivity index (χ0n) is 13.2. The summed E-state index contributed by atoms with van der Waals surface area (Å²) in [7, 11) is 0. The van der Waals surface area contributed by atoms with Crippen LogP contribution in [0.1, 0.15) is 98.3 Å². The van der Waals surface area contributed by atoms with Crippen molar-refractivity contribution >= 4 is 11.6 Å². The smallest absolute Gasteiger partial charge is 0.0444 e. The average molecular weight is 275 g/mol. The molecule has 0 heterocycles. The molecule has 2 unspecified atom stereocenters. The molecule has 0 N–H and O–H groups in total. The Bertz CT molecular complexity index is 174. The molecule has 0 saturated carbocycles. The summed E-state index contributed by atoms with van der Waals surface area (Å²) < 4.78 is 0. The number of unbranched alkanes of at least 4 members (excludes halogenated alkanes) is 7. The van der Waals surface area contributed by atoms with Crippen molar-refractivity contribution in [3.8, 4) is 0 Å². The molecule has 0 aliphatic heterocycles. The summed E-state index contributed by atoms with van der Waals surface area (Å²) in [5.41, 5.74) is 0. The van der Waals surface area contributed by atoms with E-state index in [0.29, 0.717) is 5.92 Å². The zero-order chi connectivity index (χ0) is 13.9. The third-order valence-electron chi connectivity index (χ3n) is 4.29. The molecule has 0 bridgehead atoms. The minimum atomic E-state index is 0.0264. The van der Waals surface area contributed by atoms with Crippen LogP contribution in [0.2, 0.25) is 0 Å². The minimum Gasteiger partial charge on any atom is -0.119 e. The van der Waals surface area contributed by atoms with Crippen LogP contribution in [0, 0.1) is 5.92 Å². The van der Waals surface area contributed by atoms with Gasteiger partial charge in [-0.05, 0) is 25.7 Å². The van der Waals surface area contributed by atoms with Gasteiger partial charge in [0.2, 0.25) is 0 Å². The Hall–Kier alpha value is 0.290. The fraction of sp³-hybridized carbons (Fsp3) is 1.00. The first-order valence-electron chi connectivity index (χ1n) is 8.23. The lowest BCUT2D eigenvalue weighted by atomic mass is 9.86. The largest absolute Gasteiger partial charge is 0.119 e. The molecule has 1 heteroatoms. The van der Waals surface area contributed by atoms with E-state index in [-0.39, 0.29) is 4.87 Å². The van der Waals surface area contributed by atoms with Crippen molar-refractivity contribution < 1.29 is 0 Å². The van der Waals surface area contributed by atoms with Crippen LogP contribution in [0.25, 0.3) is 0 Å². The highest BCUT2D eigenvalue weighted by Gasteiger charge is 2.27. The zero-order valence-corrected chi connectivity index (χ0v) is 14.0. The molecule has 0 spiro atoms. The van der Waals surface area contributed by atoms with Gasteiger partial charge in [0.1, 0.15) is 0 Å². The highest BCUT2D eigenvalue weighted by molar-refractivity contribution is 6.23. The van der Waals surface area contributed by atoms with Crippen LogP contribution in [0.3, 0.4) is 0 Å². The van der Waals surface area contributed by atoms with Crippen molar-refractivity contribution in [2.24, 2.45) is 5.92 Å². The summed E-state index contributed by atoms with van der Waals surface area (Å²) in [6.07, 6.45) is 14.7. The molecule has 0 aromatic rings. The monoisotopic (exact) mass is 274 g/mol. The SMILES string of the molecule is CCCCCCCCC(C)C(C)(Cl)CCCCC. The van der Waals surface area contributed by atoms with Gasteiger partial charge in [-0.1, -0.05) is 78.6 Å². The molecule has 18 heavy (non-hydrogen) atoms. The van der Waals surface area contributed by atoms with E-state index in [0.717, 1.165) is 0 Å². The second-order valence-electron chi connectivity index (χ2n) is 6.19. The fourth-order valence-electron chi connectivity index (χ4n) is 2.50. The Morgan fingerprint density at radius 1 is 0.833 bits per heavy atom. The number of hydrogen-bond acceptors (Lipinski definition) is 0. The van der Waals surface area contributed by atoms with E-state index in [2.05, 4.69) is 27.7 Å². The average Bonchev–Trinajstić information content (AvgIpc) is 2.33. The summed E-state index contributed by atoms with van der Waals surface area (Å²) in [5, 5.41) is 0. The van der Waals surface area contributed by atoms with Crippen LogP contribution in [-0.4, -0.2) is 4.87 Å². The predicted octanol–water partition coefficient (Wildman–Crippen LogP) is 6.95. The standard InChI is InChI=1S/C17H35Cl/c1-5-7-9-10-11-12-14-16(3)17(4,18)15-13-8-6-2/h16H,5-15H2,1-4H3. The van der Waals surface area contributed by atoms with Crippen LogP contribution in [0.15, 0.2) is 0 Å². The maximum absolute atomic E-state index is 6.68. The fourth-order valence-corrected chi connectivity index (χ4v) is 2.74. The van der Waals surface area contributed by atoms with E-state index < -0.39 is 0 Å². The van der Waals surface area contributed by atoms with Crippen molar-refractivity contribution in [3.05, 3.63) is 0 Å². The van der Waals surface area contributed by atoms with Crippen LogP contribution in [-0.2, 0) is 0 Å². The third kappa shape index (κ3) is 9.25. The van der Waals surface area contributed by atoms with Gasteiger partial charge in [-0.3, -0.25) is 0 Å². The second-order valence-corrected chi connectivity index (χ2v) is 7.06. The Balaban J connectivity index is 3.61. The topological polar surface area (TPSA) is 0 Å². The highest BCUT2D eigenvalue weighted by atomic mass is 35.5. The van der Waals surface area contributed by atoms with Gasteiger partial charge in [-0.2, -0.15) is 0 Å². The number of rotatable bonds is 12. The lowest BCUT2D eigenvalue weighted by Gasteiger charge is -2.29. The van der Waals surface area contributed by atoms with Gasteiger partial charge in [0, 0.05) is 4.87 Å². The number of halogens is 1. The number of alkyl halides is 1. The quantitative estimate of drug-likeness (QED) is 0.267. The first kappa shape index (κ1) is 18.3. The lowest BCUT2D eigenvalue weighted by molar-refractivity contribution is 0.352. The second kappa shape index (κ2) is 11.1. The first-order chi connectivity index (χ1) is 8.54. The molecule has 0 aromatic heterocycles. The highest BCUT2D eigenvalue weighted by Crippen LogP contribution is 2.34. The Morgan fingerprint density at radius 3 is 1.94 bits per heavy atom. The molecule has 0 fully saturated rings. The van der Waals surface area contributed by atoms with Gasteiger partial charge in [0.15, 0.2) is 0 Å². The normalized spacial score (nSPS) is 16.5. The Kier molecular flexibility index (Phi) is 11.3. The number of hydrogen-bond donors (Lipinski definition) is 0. The molecule has 0 saturated heterocycles. The maximum Gasteiger partial charge on any atom is 0.0444 e. The third-order valence-corrected chi connectivity index (χ3v) is 4.85. The van der Waals surface area contributed by atoms with Crippen molar-refractivity contribution in [3.63, 3.8) is 0 Å². The summed E-state index contributed by atoms with van der Waals surface area (Å²) in [6, 6.07) is 0. The lowest BCUT2D eigenvalue weighted by Crippen LogP contribution is -2.26. The molecule has 0 aliphatic rings. The molecule has 0 rings (SSSR count). The molecule has 0 aromatic carbocycles. The van der Waals surface area contributed by atoms with Crippen molar-refractivity contribution in [2.75, 3.05) is 0 Å². The molecule has 110 valence electrons. The van der Waals surface area contributed by atoms with Gasteiger partial charge in [0.05, 0.1) is 0 Å². The molecule has 0 amide bonds. The van der Waals surface area contributed by atoms with Crippen LogP contribution in [0.5, 0.6) is 0 Å². The van der Waals surface area contributed by atoms with Crippen LogP contribution in [0.4, 0.5) is 0 Å². The van der Waals surface area contributed by atoms with E-state index >= 15 is 0 Å². The first-order valence-corrected chi connectivity index (χ1v) is 8.61. The minimum absolute atomic E-state index is 0.0264. The summed E-state index contributed by atoms with van der Waals surface area (Å²) >= 11 is 6.68. The van der Waals surface area contributed by atoms with E-state index in [9.17, 15) is 0 Å². The van der Waals surface area contributed by atoms with Crippen molar-refractivity contribution in [2.45, 2.75) is 103 Å². The van der Waals surface area contributed by atoms with E-state index in [4.69, 9.17) is 11.6 Å². The molecule has 2 atom stereocenters. The molecular formula is C17H35Cl. The molecule has 0 radical (unpaired) electrons. The van der Waals surface area contributed by atoms with E-state index in [1.165, 1.54) is 70.6 Å². The van der Waals surface area contributed by atoms with Crippen LogP contribution < -0.4 is 0 Å². The van der Waals surface area contributed by atoms with Crippen molar-refractivity contribution in [1.82, 2.24) is 0 Å². The predicted molar refractivity (Wildman–Crippen MR) is 85.6 cm³/mol. The molecule has 0 nitrogen and oxygen atoms in total. The summed E-state index contributed by atoms with van der Waals surface area (Å²) in [4.78, 5) is 0.0264. The maximum atomic E-state index is 6.68. The summed E-state index contributed by atoms with van der Waals surface area (Å²) in [5.74, 6) is 0.655. The van der Waals surface area contributed by atoms with E-state index in [1.54, 1.807) is 0 Å². The molecule has 0 aliphatic carbocycles. The van der Waals surface area contributed by atoms with Crippen molar-refractivity contribution in [1.29, 1.82) is 0 Å². The van der Waals surface area contributed by atoms with Gasteiger partial charge in [0.25, 0.3) is 0 Å². The summed E-state index contributed by atoms with van der Waals surface area (Å²) in [6.45, 7) is 9.11. The van der Waals surface area contributed by atoms with Gasteiger partial charge in [-0.25, -0.2) is 0 Å². The van der Waals surface area contributed by atoms with Crippen LogP contribution >= 0.6 is 11.6 Å². The molecular weight excluding hydrogens is 240 g/mol.